The monoisotopic (exact) mass is 275 g/mol. The van der Waals surface area contributed by atoms with Crippen molar-refractivity contribution in [3.05, 3.63) is 17.7 Å². The van der Waals surface area contributed by atoms with Crippen LogP contribution < -0.4 is 11.1 Å². The Labute approximate surface area is 108 Å². The number of anilines is 2. The van der Waals surface area contributed by atoms with Crippen LogP contribution in [0.3, 0.4) is 0 Å². The maximum atomic E-state index is 12.6. The van der Waals surface area contributed by atoms with E-state index < -0.39 is 17.8 Å². The van der Waals surface area contributed by atoms with Gasteiger partial charge in [0.05, 0.1) is 17.7 Å². The summed E-state index contributed by atoms with van der Waals surface area (Å²) >= 11 is 0. The molecule has 1 saturated carbocycles. The molecule has 0 amide bonds. The number of aliphatic hydroxyl groups is 1. The van der Waals surface area contributed by atoms with Crippen molar-refractivity contribution in [3.8, 4) is 0 Å². The van der Waals surface area contributed by atoms with Gasteiger partial charge in [0.15, 0.2) is 0 Å². The van der Waals surface area contributed by atoms with E-state index in [2.05, 4.69) is 10.3 Å². The van der Waals surface area contributed by atoms with Gasteiger partial charge in [0.25, 0.3) is 0 Å². The second-order valence-corrected chi connectivity index (χ2v) is 4.77. The minimum Gasteiger partial charge on any atom is -0.391 e. The Hall–Kier alpha value is -1.50. The molecule has 19 heavy (non-hydrogen) atoms. The summed E-state index contributed by atoms with van der Waals surface area (Å²) in [5.74, 6) is -0.138. The van der Waals surface area contributed by atoms with Gasteiger partial charge in [0.1, 0.15) is 11.6 Å². The lowest BCUT2D eigenvalue weighted by molar-refractivity contribution is -0.137. The third-order valence-electron chi connectivity index (χ3n) is 3.24. The molecule has 2 atom stereocenters. The summed E-state index contributed by atoms with van der Waals surface area (Å²) in [6.45, 7) is 0. The highest BCUT2D eigenvalue weighted by Gasteiger charge is 2.32. The number of hydrogen-bond donors (Lipinski definition) is 3. The predicted molar refractivity (Wildman–Crippen MR) is 65.5 cm³/mol. The highest BCUT2D eigenvalue weighted by Crippen LogP contribution is 2.32. The van der Waals surface area contributed by atoms with Gasteiger partial charge in [-0.2, -0.15) is 13.2 Å². The normalized spacial score (nSPS) is 24.2. The number of alkyl halides is 3. The zero-order valence-electron chi connectivity index (χ0n) is 10.2. The minimum atomic E-state index is -4.46. The molecule has 7 heteroatoms. The summed E-state index contributed by atoms with van der Waals surface area (Å²) in [4.78, 5) is 3.83. The van der Waals surface area contributed by atoms with Gasteiger partial charge in [-0.25, -0.2) is 4.98 Å². The maximum absolute atomic E-state index is 12.6. The highest BCUT2D eigenvalue weighted by molar-refractivity contribution is 5.48. The topological polar surface area (TPSA) is 71.2 Å². The van der Waals surface area contributed by atoms with Crippen molar-refractivity contribution in [2.75, 3.05) is 11.1 Å². The molecule has 0 aromatic carbocycles. The van der Waals surface area contributed by atoms with Crippen LogP contribution in [0.1, 0.15) is 31.2 Å². The van der Waals surface area contributed by atoms with Gasteiger partial charge in [-0.05, 0) is 25.0 Å². The lowest BCUT2D eigenvalue weighted by atomic mass is 9.92. The van der Waals surface area contributed by atoms with Gasteiger partial charge in [-0.15, -0.1) is 0 Å². The van der Waals surface area contributed by atoms with Gasteiger partial charge in [-0.3, -0.25) is 0 Å². The molecule has 1 aromatic rings. The number of aromatic nitrogens is 1. The SMILES string of the molecule is Nc1cc(C(F)(F)F)cc(NC2CCCCC2O)n1. The Kier molecular flexibility index (Phi) is 3.84. The summed E-state index contributed by atoms with van der Waals surface area (Å²) in [5, 5.41) is 12.6. The number of nitrogens with zero attached hydrogens (tertiary/aromatic N) is 1. The van der Waals surface area contributed by atoms with E-state index in [4.69, 9.17) is 5.73 Å². The van der Waals surface area contributed by atoms with E-state index in [9.17, 15) is 18.3 Å². The minimum absolute atomic E-state index is 0.0540. The molecule has 4 N–H and O–H groups in total. The fourth-order valence-corrected chi connectivity index (χ4v) is 2.26. The Morgan fingerprint density at radius 1 is 1.26 bits per heavy atom. The second-order valence-electron chi connectivity index (χ2n) is 4.77. The van der Waals surface area contributed by atoms with E-state index in [0.29, 0.717) is 12.8 Å². The molecular formula is C12H16F3N3O. The molecule has 2 unspecified atom stereocenters. The van der Waals surface area contributed by atoms with E-state index in [0.717, 1.165) is 25.0 Å². The standard InChI is InChI=1S/C12H16F3N3O/c13-12(14,15)7-5-10(16)18-11(6-7)17-8-3-1-2-4-9(8)19/h5-6,8-9,19H,1-4H2,(H3,16,17,18). The first-order valence-electron chi connectivity index (χ1n) is 6.15. The molecule has 1 aliphatic rings. The second kappa shape index (κ2) is 5.24. The Morgan fingerprint density at radius 3 is 2.58 bits per heavy atom. The molecule has 1 fully saturated rings. The Balaban J connectivity index is 2.18. The van der Waals surface area contributed by atoms with E-state index in [1.807, 2.05) is 0 Å². The number of nitrogens with two attached hydrogens (primary N) is 1. The smallest absolute Gasteiger partial charge is 0.391 e. The van der Waals surface area contributed by atoms with Crippen molar-refractivity contribution in [2.45, 2.75) is 44.0 Å². The van der Waals surface area contributed by atoms with E-state index in [-0.39, 0.29) is 17.7 Å². The molecule has 0 saturated heterocycles. The molecule has 4 nitrogen and oxygen atoms in total. The number of pyridine rings is 1. The van der Waals surface area contributed by atoms with Crippen molar-refractivity contribution in [1.29, 1.82) is 0 Å². The molecule has 2 rings (SSSR count). The first-order chi connectivity index (χ1) is 8.86. The quantitative estimate of drug-likeness (QED) is 0.775. The van der Waals surface area contributed by atoms with Crippen molar-refractivity contribution in [3.63, 3.8) is 0 Å². The number of hydrogen-bond acceptors (Lipinski definition) is 4. The third kappa shape index (κ3) is 3.50. The van der Waals surface area contributed by atoms with Crippen molar-refractivity contribution in [2.24, 2.45) is 0 Å². The van der Waals surface area contributed by atoms with E-state index in [1.165, 1.54) is 0 Å². The molecule has 0 spiro atoms. The van der Waals surface area contributed by atoms with Crippen LogP contribution in [0.2, 0.25) is 0 Å². The van der Waals surface area contributed by atoms with E-state index >= 15 is 0 Å². The van der Waals surface area contributed by atoms with Gasteiger partial charge in [-0.1, -0.05) is 12.8 Å². The molecule has 0 aliphatic heterocycles. The van der Waals surface area contributed by atoms with Gasteiger partial charge in [0.2, 0.25) is 0 Å². The van der Waals surface area contributed by atoms with Crippen LogP contribution in [0.5, 0.6) is 0 Å². The average molecular weight is 275 g/mol. The molecular weight excluding hydrogens is 259 g/mol. The average Bonchev–Trinajstić information content (AvgIpc) is 2.30. The fraction of sp³-hybridized carbons (Fsp3) is 0.583. The van der Waals surface area contributed by atoms with Crippen LogP contribution in [0.15, 0.2) is 12.1 Å². The Morgan fingerprint density at radius 2 is 1.95 bits per heavy atom. The van der Waals surface area contributed by atoms with Crippen LogP contribution in [0, 0.1) is 0 Å². The van der Waals surface area contributed by atoms with Crippen molar-refractivity contribution < 1.29 is 18.3 Å². The molecule has 1 aliphatic carbocycles. The van der Waals surface area contributed by atoms with Gasteiger partial charge in [0, 0.05) is 0 Å². The van der Waals surface area contributed by atoms with Gasteiger partial charge >= 0.3 is 6.18 Å². The maximum Gasteiger partial charge on any atom is 0.416 e. The van der Waals surface area contributed by atoms with Crippen molar-refractivity contribution in [1.82, 2.24) is 4.98 Å². The van der Waals surface area contributed by atoms with E-state index in [1.54, 1.807) is 0 Å². The summed E-state index contributed by atoms with van der Waals surface area (Å²) in [6.07, 6.45) is -1.81. The number of nitrogen functional groups attached to an aromatic ring is 1. The van der Waals surface area contributed by atoms with Gasteiger partial charge < -0.3 is 16.2 Å². The molecule has 1 heterocycles. The zero-order valence-corrected chi connectivity index (χ0v) is 10.2. The van der Waals surface area contributed by atoms with Crippen LogP contribution in [-0.2, 0) is 6.18 Å². The molecule has 0 bridgehead atoms. The summed E-state index contributed by atoms with van der Waals surface area (Å²) < 4.78 is 37.9. The predicted octanol–water partition coefficient (Wildman–Crippen LogP) is 2.40. The largest absolute Gasteiger partial charge is 0.416 e. The number of rotatable bonds is 2. The van der Waals surface area contributed by atoms with Crippen LogP contribution in [0.25, 0.3) is 0 Å². The molecule has 1 aromatic heterocycles. The lowest BCUT2D eigenvalue weighted by Gasteiger charge is -2.29. The fourth-order valence-electron chi connectivity index (χ4n) is 2.26. The summed E-state index contributed by atoms with van der Waals surface area (Å²) in [5.41, 5.74) is 4.54. The van der Waals surface area contributed by atoms with Crippen LogP contribution >= 0.6 is 0 Å². The molecule has 0 radical (unpaired) electrons. The molecule has 106 valence electrons. The first-order valence-corrected chi connectivity index (χ1v) is 6.15. The summed E-state index contributed by atoms with van der Waals surface area (Å²) in [6, 6.07) is 1.43. The summed E-state index contributed by atoms with van der Waals surface area (Å²) in [7, 11) is 0. The zero-order chi connectivity index (χ0) is 14.0. The van der Waals surface area contributed by atoms with Crippen molar-refractivity contribution >= 4 is 11.6 Å². The lowest BCUT2D eigenvalue weighted by Crippen LogP contribution is -2.36. The van der Waals surface area contributed by atoms with Crippen LogP contribution in [-0.4, -0.2) is 22.2 Å². The number of aliphatic hydroxyl groups excluding tert-OH is 1. The van der Waals surface area contributed by atoms with Crippen LogP contribution in [0.4, 0.5) is 24.8 Å². The number of nitrogens with one attached hydrogen (secondary N) is 1. The highest BCUT2D eigenvalue weighted by atomic mass is 19.4. The first kappa shape index (κ1) is 13.9. The number of halogens is 3. The Bertz CT molecular complexity index is 450. The third-order valence-corrected chi connectivity index (χ3v) is 3.24.